The molecule has 0 aliphatic heterocycles. The molecule has 1 amide bonds. The molecule has 0 bridgehead atoms. The number of anilines is 1. The zero-order chi connectivity index (χ0) is 15.6. The summed E-state index contributed by atoms with van der Waals surface area (Å²) in [7, 11) is 1.65. The Bertz CT molecular complexity index is 723. The molecule has 4 N–H and O–H groups in total. The van der Waals surface area contributed by atoms with Crippen LogP contribution in [0.1, 0.15) is 21.5 Å². The molecule has 0 radical (unpaired) electrons. The van der Waals surface area contributed by atoms with Gasteiger partial charge in [0.25, 0.3) is 5.91 Å². The monoisotopic (exact) mass is 351 g/mol. The maximum atomic E-state index is 12.4. The fourth-order valence-electron chi connectivity index (χ4n) is 1.82. The molecule has 2 aromatic rings. The van der Waals surface area contributed by atoms with E-state index in [2.05, 4.69) is 31.5 Å². The summed E-state index contributed by atoms with van der Waals surface area (Å²) in [6.45, 7) is 1.90. The molecule has 1 heterocycles. The van der Waals surface area contributed by atoms with Crippen LogP contribution in [0.15, 0.2) is 34.0 Å². The molecule has 110 valence electrons. The van der Waals surface area contributed by atoms with Gasteiger partial charge in [0.05, 0.1) is 17.3 Å². The van der Waals surface area contributed by atoms with E-state index in [0.29, 0.717) is 16.9 Å². The molecule has 0 spiro atoms. The Morgan fingerprint density at radius 1 is 1.48 bits per heavy atom. The Kier molecular flexibility index (Phi) is 4.27. The minimum absolute atomic E-state index is 0.123. The number of rotatable bonds is 3. The lowest BCUT2D eigenvalue weighted by atomic mass is 10.1. The molecular formula is C13H14BrN5O2. The smallest absolute Gasteiger partial charge is 0.257 e. The third-order valence-corrected chi connectivity index (χ3v) is 4.04. The zero-order valence-corrected chi connectivity index (χ0v) is 13.0. The van der Waals surface area contributed by atoms with E-state index in [0.717, 1.165) is 10.0 Å². The van der Waals surface area contributed by atoms with Crippen LogP contribution in [0, 0.1) is 6.92 Å². The van der Waals surface area contributed by atoms with Gasteiger partial charge in [-0.2, -0.15) is 5.10 Å². The second-order valence-corrected chi connectivity index (χ2v) is 5.20. The number of oxime groups is 1. The van der Waals surface area contributed by atoms with Crippen molar-refractivity contribution in [2.75, 3.05) is 5.32 Å². The Morgan fingerprint density at radius 2 is 2.19 bits per heavy atom. The van der Waals surface area contributed by atoms with Gasteiger partial charge in [0.15, 0.2) is 5.84 Å². The van der Waals surface area contributed by atoms with E-state index in [1.165, 1.54) is 10.9 Å². The quantitative estimate of drug-likeness (QED) is 0.339. The number of nitrogens with two attached hydrogens (primary N) is 1. The molecule has 0 unspecified atom stereocenters. The van der Waals surface area contributed by atoms with E-state index in [1.807, 2.05) is 13.0 Å². The van der Waals surface area contributed by atoms with Crippen molar-refractivity contribution in [2.24, 2.45) is 17.9 Å². The highest BCUT2D eigenvalue weighted by Crippen LogP contribution is 2.23. The standard InChI is InChI=1S/C13H14BrN5O2/c1-7-4-3-5-8(10(7)14)13(20)17-12-9(11(15)18-21)6-16-19(12)2/h3-6,21H,1-2H3,(H2,15,18)(H,17,20). The molecule has 0 aliphatic carbocycles. The van der Waals surface area contributed by atoms with E-state index in [-0.39, 0.29) is 11.7 Å². The summed E-state index contributed by atoms with van der Waals surface area (Å²) in [6, 6.07) is 5.39. The van der Waals surface area contributed by atoms with Crippen molar-refractivity contribution < 1.29 is 10.0 Å². The summed E-state index contributed by atoms with van der Waals surface area (Å²) in [5, 5.41) is 18.4. The van der Waals surface area contributed by atoms with Gasteiger partial charge in [-0.05, 0) is 34.5 Å². The lowest BCUT2D eigenvalue weighted by Gasteiger charge is -2.10. The normalized spacial score (nSPS) is 11.5. The number of carbonyl (C=O) groups is 1. The molecule has 2 rings (SSSR count). The number of hydrogen-bond donors (Lipinski definition) is 3. The summed E-state index contributed by atoms with van der Waals surface area (Å²) >= 11 is 3.39. The highest BCUT2D eigenvalue weighted by Gasteiger charge is 2.18. The Hall–Kier alpha value is -2.35. The Morgan fingerprint density at radius 3 is 2.86 bits per heavy atom. The van der Waals surface area contributed by atoms with E-state index in [1.54, 1.807) is 19.2 Å². The van der Waals surface area contributed by atoms with Gasteiger partial charge >= 0.3 is 0 Å². The van der Waals surface area contributed by atoms with Crippen molar-refractivity contribution in [3.05, 3.63) is 45.6 Å². The lowest BCUT2D eigenvalue weighted by Crippen LogP contribution is -2.20. The largest absolute Gasteiger partial charge is 0.409 e. The summed E-state index contributed by atoms with van der Waals surface area (Å²) < 4.78 is 2.16. The molecule has 0 saturated heterocycles. The van der Waals surface area contributed by atoms with Crippen LogP contribution in [-0.4, -0.2) is 26.7 Å². The first-order chi connectivity index (χ1) is 9.95. The Labute approximate surface area is 129 Å². The van der Waals surface area contributed by atoms with Gasteiger partial charge in [-0.25, -0.2) is 0 Å². The first-order valence-electron chi connectivity index (χ1n) is 6.02. The van der Waals surface area contributed by atoms with E-state index in [4.69, 9.17) is 10.9 Å². The molecule has 1 aromatic heterocycles. The van der Waals surface area contributed by atoms with Crippen molar-refractivity contribution in [1.29, 1.82) is 0 Å². The van der Waals surface area contributed by atoms with E-state index >= 15 is 0 Å². The van der Waals surface area contributed by atoms with Gasteiger partial charge < -0.3 is 16.3 Å². The van der Waals surface area contributed by atoms with Crippen LogP contribution in [0.3, 0.4) is 0 Å². The van der Waals surface area contributed by atoms with E-state index < -0.39 is 0 Å². The fourth-order valence-corrected chi connectivity index (χ4v) is 2.27. The van der Waals surface area contributed by atoms with Crippen molar-refractivity contribution in [3.8, 4) is 0 Å². The Balaban J connectivity index is 2.37. The van der Waals surface area contributed by atoms with Crippen LogP contribution in [0.4, 0.5) is 5.82 Å². The number of benzene rings is 1. The first-order valence-corrected chi connectivity index (χ1v) is 6.81. The first kappa shape index (κ1) is 15.0. The molecule has 0 saturated carbocycles. The number of carbonyl (C=O) groups excluding carboxylic acids is 1. The van der Waals surface area contributed by atoms with Crippen LogP contribution in [-0.2, 0) is 7.05 Å². The molecule has 8 heteroatoms. The molecule has 7 nitrogen and oxygen atoms in total. The zero-order valence-electron chi connectivity index (χ0n) is 11.5. The van der Waals surface area contributed by atoms with Crippen LogP contribution >= 0.6 is 15.9 Å². The number of hydrogen-bond acceptors (Lipinski definition) is 4. The molecule has 0 fully saturated rings. The SMILES string of the molecule is Cc1cccc(C(=O)Nc2c(/C(N)=N/O)cnn2C)c1Br. The van der Waals surface area contributed by atoms with Gasteiger partial charge in [-0.1, -0.05) is 17.3 Å². The second-order valence-electron chi connectivity index (χ2n) is 4.41. The topological polar surface area (TPSA) is 106 Å². The van der Waals surface area contributed by atoms with Crippen LogP contribution in [0.5, 0.6) is 0 Å². The average molecular weight is 352 g/mol. The van der Waals surface area contributed by atoms with Crippen molar-refractivity contribution >= 4 is 33.5 Å². The number of aryl methyl sites for hydroxylation is 2. The lowest BCUT2D eigenvalue weighted by molar-refractivity contribution is 0.102. The number of amidine groups is 1. The summed E-state index contributed by atoms with van der Waals surface area (Å²) in [6.07, 6.45) is 1.41. The highest BCUT2D eigenvalue weighted by molar-refractivity contribution is 9.10. The van der Waals surface area contributed by atoms with Crippen molar-refractivity contribution in [1.82, 2.24) is 9.78 Å². The number of halogens is 1. The second kappa shape index (κ2) is 5.96. The van der Waals surface area contributed by atoms with Crippen LogP contribution in [0.2, 0.25) is 0 Å². The van der Waals surface area contributed by atoms with Crippen molar-refractivity contribution in [3.63, 3.8) is 0 Å². The third-order valence-electron chi connectivity index (χ3n) is 2.99. The molecular weight excluding hydrogens is 338 g/mol. The third kappa shape index (κ3) is 2.89. The van der Waals surface area contributed by atoms with Crippen LogP contribution < -0.4 is 11.1 Å². The molecule has 21 heavy (non-hydrogen) atoms. The predicted molar refractivity (Wildman–Crippen MR) is 82.6 cm³/mol. The average Bonchev–Trinajstić information content (AvgIpc) is 2.82. The van der Waals surface area contributed by atoms with Gasteiger partial charge in [0.1, 0.15) is 5.82 Å². The molecule has 0 aliphatic rings. The maximum Gasteiger partial charge on any atom is 0.257 e. The highest BCUT2D eigenvalue weighted by atomic mass is 79.9. The number of nitrogens with zero attached hydrogens (tertiary/aromatic N) is 3. The summed E-state index contributed by atoms with van der Waals surface area (Å²) in [5.74, 6) is -0.0911. The van der Waals surface area contributed by atoms with E-state index in [9.17, 15) is 4.79 Å². The number of aromatic nitrogens is 2. The molecule has 1 aromatic carbocycles. The fraction of sp³-hybridized carbons (Fsp3) is 0.154. The summed E-state index contributed by atoms with van der Waals surface area (Å²) in [4.78, 5) is 12.4. The predicted octanol–water partition coefficient (Wildman–Crippen LogP) is 1.84. The van der Waals surface area contributed by atoms with Gasteiger partial charge in [-0.15, -0.1) is 0 Å². The van der Waals surface area contributed by atoms with Gasteiger partial charge in [-0.3, -0.25) is 9.48 Å². The minimum Gasteiger partial charge on any atom is -0.409 e. The van der Waals surface area contributed by atoms with Gasteiger partial charge in [0, 0.05) is 11.5 Å². The maximum absolute atomic E-state index is 12.4. The molecule has 0 atom stereocenters. The van der Waals surface area contributed by atoms with Crippen molar-refractivity contribution in [2.45, 2.75) is 6.92 Å². The number of amides is 1. The summed E-state index contributed by atoms with van der Waals surface area (Å²) in [5.41, 5.74) is 7.34. The van der Waals surface area contributed by atoms with Gasteiger partial charge in [0.2, 0.25) is 0 Å². The minimum atomic E-state index is -0.318. The number of nitrogens with one attached hydrogen (secondary N) is 1. The van der Waals surface area contributed by atoms with Crippen LogP contribution in [0.25, 0.3) is 0 Å².